The van der Waals surface area contributed by atoms with Crippen LogP contribution in [0.25, 0.3) is 0 Å². The van der Waals surface area contributed by atoms with Crippen molar-refractivity contribution in [3.8, 4) is 0 Å². The second-order valence-corrected chi connectivity index (χ2v) is 26.0. The van der Waals surface area contributed by atoms with Crippen molar-refractivity contribution < 1.29 is 89.4 Å². The predicted octanol–water partition coefficient (Wildman–Crippen LogP) is 11.2. The van der Waals surface area contributed by atoms with Gasteiger partial charge in [0, 0.05) is 6.42 Å². The minimum Gasteiger partial charge on any atom is -0.394 e. The predicted molar refractivity (Wildman–Crippen MR) is 383 cm³/mol. The van der Waals surface area contributed by atoms with E-state index < -0.39 is 124 Å². The molecule has 3 aliphatic rings. The Morgan fingerprint density at radius 2 is 0.711 bits per heavy atom. The summed E-state index contributed by atoms with van der Waals surface area (Å²) >= 11 is 0. The summed E-state index contributed by atoms with van der Waals surface area (Å²) in [7, 11) is 0. The average Bonchev–Trinajstić information content (AvgIpc) is 0.790. The lowest BCUT2D eigenvalue weighted by Gasteiger charge is -2.48. The maximum absolute atomic E-state index is 13.4. The molecular weight excluding hydrogens is 1240 g/mol. The number of carbonyl (C=O) groups excluding carboxylic acids is 1. The number of aliphatic hydroxyl groups excluding tert-OH is 11. The van der Waals surface area contributed by atoms with Crippen LogP contribution in [0.5, 0.6) is 0 Å². The summed E-state index contributed by atoms with van der Waals surface area (Å²) in [6.45, 7) is 1.58. The molecule has 0 aromatic carbocycles. The number of hydrogen-bond acceptors (Lipinski definition) is 18. The summed E-state index contributed by atoms with van der Waals surface area (Å²) in [6.07, 6.45) is 53.5. The largest absolute Gasteiger partial charge is 0.394 e. The van der Waals surface area contributed by atoms with Gasteiger partial charge in [0.25, 0.3) is 0 Å². The van der Waals surface area contributed by atoms with Gasteiger partial charge < -0.3 is 89.9 Å². The van der Waals surface area contributed by atoms with Crippen LogP contribution in [-0.4, -0.2) is 193 Å². The van der Waals surface area contributed by atoms with Gasteiger partial charge in [-0.05, 0) is 89.9 Å². The van der Waals surface area contributed by atoms with E-state index in [4.69, 9.17) is 28.4 Å². The molecule has 556 valence electrons. The minimum absolute atomic E-state index is 0.235. The molecule has 97 heavy (non-hydrogen) atoms. The molecule has 0 spiro atoms. The second-order valence-electron chi connectivity index (χ2n) is 26.0. The van der Waals surface area contributed by atoms with Gasteiger partial charge in [0.15, 0.2) is 18.9 Å². The van der Waals surface area contributed by atoms with E-state index in [9.17, 15) is 61.0 Å². The molecule has 0 bridgehead atoms. The van der Waals surface area contributed by atoms with Crippen molar-refractivity contribution in [2.24, 2.45) is 0 Å². The molecule has 12 N–H and O–H groups in total. The van der Waals surface area contributed by atoms with Crippen molar-refractivity contribution in [3.05, 3.63) is 122 Å². The number of unbranched alkanes of at least 4 members (excludes halogenated alkanes) is 22. The number of aliphatic hydroxyl groups is 11. The summed E-state index contributed by atoms with van der Waals surface area (Å²) < 4.78 is 34.3. The molecule has 0 aliphatic carbocycles. The zero-order valence-electron chi connectivity index (χ0n) is 59.0. The Kier molecular flexibility index (Phi) is 52.1. The summed E-state index contributed by atoms with van der Waals surface area (Å²) in [5, 5.41) is 120. The van der Waals surface area contributed by atoms with Gasteiger partial charge in [-0.15, -0.1) is 0 Å². The first-order valence-electron chi connectivity index (χ1n) is 37.3. The highest BCUT2D eigenvalue weighted by molar-refractivity contribution is 5.76. The average molecular weight is 1370 g/mol. The fraction of sp³-hybridized carbons (Fsp3) is 0.731. The Morgan fingerprint density at radius 3 is 1.11 bits per heavy atom. The zero-order valence-corrected chi connectivity index (χ0v) is 59.0. The van der Waals surface area contributed by atoms with E-state index in [0.717, 1.165) is 116 Å². The Hall–Kier alpha value is -3.81. The smallest absolute Gasteiger partial charge is 0.220 e. The molecule has 17 unspecified atom stereocenters. The molecular formula is C78H131NO18. The van der Waals surface area contributed by atoms with Crippen LogP contribution in [0.4, 0.5) is 0 Å². The Bertz CT molecular complexity index is 2230. The fourth-order valence-corrected chi connectivity index (χ4v) is 11.8. The van der Waals surface area contributed by atoms with Gasteiger partial charge >= 0.3 is 0 Å². The lowest BCUT2D eigenvalue weighted by atomic mass is 9.96. The van der Waals surface area contributed by atoms with E-state index in [-0.39, 0.29) is 18.9 Å². The van der Waals surface area contributed by atoms with Gasteiger partial charge in [0.05, 0.1) is 38.6 Å². The molecule has 3 aliphatic heterocycles. The number of amides is 1. The third-order valence-corrected chi connectivity index (χ3v) is 17.8. The van der Waals surface area contributed by atoms with E-state index in [2.05, 4.69) is 129 Å². The molecule has 19 heteroatoms. The first kappa shape index (κ1) is 87.4. The van der Waals surface area contributed by atoms with Crippen LogP contribution >= 0.6 is 0 Å². The molecule has 0 aromatic heterocycles. The van der Waals surface area contributed by atoms with Gasteiger partial charge in [-0.25, -0.2) is 0 Å². The van der Waals surface area contributed by atoms with Crippen LogP contribution in [0.3, 0.4) is 0 Å². The SMILES string of the molecule is CC/C=C\C/C=C\C/C=C\C/C=C\C/C=C\C/C=C\C/C=C\C/C=C\C/C=C\CCCCCCCCCCCCCCCC(=O)NC(COC1OC(CO)C(OC2OC(CO)C(OC3OC(CO)C(O)C(O)C3O)C(O)C2O)C(O)C1O)C(O)/C=C/CCCCCCCCCCC. The summed E-state index contributed by atoms with van der Waals surface area (Å²) in [4.78, 5) is 13.4. The number of nitrogens with one attached hydrogen (secondary N) is 1. The Balaban J connectivity index is 1.30. The van der Waals surface area contributed by atoms with Crippen molar-refractivity contribution >= 4 is 5.91 Å². The van der Waals surface area contributed by atoms with Crippen LogP contribution < -0.4 is 5.32 Å². The molecule has 3 fully saturated rings. The van der Waals surface area contributed by atoms with E-state index in [1.54, 1.807) is 6.08 Å². The van der Waals surface area contributed by atoms with Crippen LogP contribution in [0, 0.1) is 0 Å². The van der Waals surface area contributed by atoms with E-state index in [0.29, 0.717) is 6.42 Å². The highest BCUT2D eigenvalue weighted by atomic mass is 16.8. The normalized spacial score (nSPS) is 27.6. The molecule has 0 aromatic rings. The van der Waals surface area contributed by atoms with E-state index in [1.807, 2.05) is 6.08 Å². The maximum atomic E-state index is 13.4. The Labute approximate surface area is 582 Å². The number of allylic oxidation sites excluding steroid dienone is 19. The van der Waals surface area contributed by atoms with Gasteiger partial charge in [-0.2, -0.15) is 0 Å². The standard InChI is InChI=1S/C78H131NO18/c1-3-5-7-9-11-13-15-16-17-18-19-20-21-22-23-24-25-26-27-28-29-30-31-32-33-34-35-36-37-38-39-40-41-42-43-44-46-48-50-52-54-56-66(84)79-61(62(83)55-53-51-49-47-45-14-12-10-8-6-4-2)60-92-76-72(90)69(87)74(64(58-81)94-76)97-78-73(91)70(88)75(65(59-82)95-78)96-77-71(89)68(86)67(85)63(57-80)93-77/h5,7,11,13,16-17,19-20,22-23,25-26,28-29,31-32,34-35,53,55,61-65,67-78,80-83,85-91H,3-4,6,8-10,12,14-15,18,21,24,27,30,33,36-52,54,56-60H2,1-2H3,(H,79,84)/b7-5-,13-11-,17-16-,20-19-,23-22-,26-25-,29-28-,32-31-,35-34-,55-53+. The monoisotopic (exact) mass is 1370 g/mol. The number of hydrogen-bond donors (Lipinski definition) is 12. The maximum Gasteiger partial charge on any atom is 0.220 e. The lowest BCUT2D eigenvalue weighted by molar-refractivity contribution is -0.379. The van der Waals surface area contributed by atoms with Crippen LogP contribution in [-0.2, 0) is 33.2 Å². The van der Waals surface area contributed by atoms with Crippen molar-refractivity contribution in [2.45, 2.75) is 336 Å². The second kappa shape index (κ2) is 57.8. The molecule has 3 rings (SSSR count). The molecule has 3 heterocycles. The molecule has 17 atom stereocenters. The van der Waals surface area contributed by atoms with Gasteiger partial charge in [0.1, 0.15) is 73.2 Å². The molecule has 0 saturated carbocycles. The third kappa shape index (κ3) is 38.7. The van der Waals surface area contributed by atoms with Crippen molar-refractivity contribution in [2.75, 3.05) is 26.4 Å². The van der Waals surface area contributed by atoms with Gasteiger partial charge in [-0.3, -0.25) is 4.79 Å². The number of ether oxygens (including phenoxy) is 6. The van der Waals surface area contributed by atoms with Gasteiger partial charge in [-0.1, -0.05) is 257 Å². The summed E-state index contributed by atoms with van der Waals surface area (Å²) in [5.41, 5.74) is 0. The van der Waals surface area contributed by atoms with Crippen LogP contribution in [0.2, 0.25) is 0 Å². The number of carbonyl (C=O) groups is 1. The molecule has 19 nitrogen and oxygen atoms in total. The first-order chi connectivity index (χ1) is 47.3. The molecule has 3 saturated heterocycles. The van der Waals surface area contributed by atoms with Crippen molar-refractivity contribution in [1.29, 1.82) is 0 Å². The lowest BCUT2D eigenvalue weighted by Crippen LogP contribution is -2.66. The third-order valence-electron chi connectivity index (χ3n) is 17.8. The summed E-state index contributed by atoms with van der Waals surface area (Å²) in [5.74, 6) is -0.283. The fourth-order valence-electron chi connectivity index (χ4n) is 11.8. The number of rotatable bonds is 56. The van der Waals surface area contributed by atoms with E-state index >= 15 is 0 Å². The molecule has 0 radical (unpaired) electrons. The van der Waals surface area contributed by atoms with Crippen LogP contribution in [0.1, 0.15) is 232 Å². The first-order valence-corrected chi connectivity index (χ1v) is 37.3. The van der Waals surface area contributed by atoms with E-state index in [1.165, 1.54) is 89.9 Å². The topological polar surface area (TPSA) is 307 Å². The minimum atomic E-state index is -1.98. The quantitative estimate of drug-likeness (QED) is 0.0199. The van der Waals surface area contributed by atoms with Gasteiger partial charge in [0.2, 0.25) is 5.91 Å². The Morgan fingerprint density at radius 1 is 0.381 bits per heavy atom. The van der Waals surface area contributed by atoms with Crippen molar-refractivity contribution in [3.63, 3.8) is 0 Å². The highest BCUT2D eigenvalue weighted by Crippen LogP contribution is 2.33. The molecule has 1 amide bonds. The van der Waals surface area contributed by atoms with Crippen LogP contribution in [0.15, 0.2) is 122 Å². The van der Waals surface area contributed by atoms with Crippen molar-refractivity contribution in [1.82, 2.24) is 5.32 Å². The zero-order chi connectivity index (χ0) is 70.4. The summed E-state index contributed by atoms with van der Waals surface area (Å²) in [6, 6.07) is -0.979. The highest BCUT2D eigenvalue weighted by Gasteiger charge is 2.53.